The van der Waals surface area contributed by atoms with Crippen molar-refractivity contribution in [3.05, 3.63) is 72.3 Å². The van der Waals surface area contributed by atoms with E-state index in [1.807, 2.05) is 24.3 Å². The minimum Gasteiger partial charge on any atom is -0.504 e. The van der Waals surface area contributed by atoms with Crippen molar-refractivity contribution in [1.82, 2.24) is 0 Å². The molecule has 2 aromatic carbocycles. The lowest BCUT2D eigenvalue weighted by molar-refractivity contribution is 0.104. The lowest BCUT2D eigenvalue weighted by atomic mass is 10.1. The molecule has 0 fully saturated rings. The summed E-state index contributed by atoms with van der Waals surface area (Å²) in [5.74, 6) is 0.850. The van der Waals surface area contributed by atoms with Crippen LogP contribution in [-0.4, -0.2) is 24.6 Å². The molecule has 23 heavy (non-hydrogen) atoms. The van der Waals surface area contributed by atoms with E-state index < -0.39 is 0 Å². The highest BCUT2D eigenvalue weighted by molar-refractivity contribution is 6.07. The third-order valence-corrected chi connectivity index (χ3v) is 3.14. The summed E-state index contributed by atoms with van der Waals surface area (Å²) in [5.41, 5.74) is 1.33. The Morgan fingerprint density at radius 3 is 2.61 bits per heavy atom. The average Bonchev–Trinajstić information content (AvgIpc) is 2.59. The minimum absolute atomic E-state index is 0.00291. The molecule has 118 valence electrons. The van der Waals surface area contributed by atoms with Crippen LogP contribution in [0.4, 0.5) is 0 Å². The lowest BCUT2D eigenvalue weighted by Crippen LogP contribution is -1.95. The fraction of sp³-hybridized carbons (Fsp3) is 0.105. The second-order valence-corrected chi connectivity index (χ2v) is 4.75. The van der Waals surface area contributed by atoms with E-state index in [1.165, 1.54) is 25.3 Å². The van der Waals surface area contributed by atoms with Crippen LogP contribution >= 0.6 is 0 Å². The number of rotatable bonds is 7. The van der Waals surface area contributed by atoms with Gasteiger partial charge in [-0.25, -0.2) is 0 Å². The van der Waals surface area contributed by atoms with E-state index in [2.05, 4.69) is 6.58 Å². The van der Waals surface area contributed by atoms with Gasteiger partial charge < -0.3 is 14.6 Å². The number of allylic oxidation sites excluding steroid dienone is 1. The molecule has 0 unspecified atom stereocenters. The summed E-state index contributed by atoms with van der Waals surface area (Å²) < 4.78 is 10.4. The summed E-state index contributed by atoms with van der Waals surface area (Å²) in [6, 6.07) is 11.9. The number of carbonyl (C=O) groups excluding carboxylic acids is 1. The molecule has 4 nitrogen and oxygen atoms in total. The predicted molar refractivity (Wildman–Crippen MR) is 90.2 cm³/mol. The molecule has 0 radical (unpaired) electrons. The summed E-state index contributed by atoms with van der Waals surface area (Å²) in [6.07, 6.45) is 4.88. The van der Waals surface area contributed by atoms with Crippen molar-refractivity contribution in [2.75, 3.05) is 13.7 Å². The number of hydrogen-bond donors (Lipinski definition) is 1. The molecule has 0 atom stereocenters. The molecule has 0 amide bonds. The van der Waals surface area contributed by atoms with Gasteiger partial charge in [0.05, 0.1) is 7.11 Å². The van der Waals surface area contributed by atoms with Crippen LogP contribution in [0.3, 0.4) is 0 Å². The fourth-order valence-corrected chi connectivity index (χ4v) is 1.93. The van der Waals surface area contributed by atoms with Gasteiger partial charge >= 0.3 is 0 Å². The molecule has 0 aromatic heterocycles. The third kappa shape index (κ3) is 4.48. The second-order valence-electron chi connectivity index (χ2n) is 4.75. The molecule has 0 spiro atoms. The van der Waals surface area contributed by atoms with Gasteiger partial charge in [0, 0.05) is 5.56 Å². The highest BCUT2D eigenvalue weighted by Crippen LogP contribution is 2.26. The molecule has 0 aliphatic heterocycles. The van der Waals surface area contributed by atoms with Crippen LogP contribution in [0.2, 0.25) is 0 Å². The predicted octanol–water partition coefficient (Wildman–Crippen LogP) is 3.86. The van der Waals surface area contributed by atoms with E-state index in [0.29, 0.717) is 12.2 Å². The zero-order valence-corrected chi connectivity index (χ0v) is 12.9. The molecule has 4 heteroatoms. The highest BCUT2D eigenvalue weighted by Gasteiger charge is 2.07. The van der Waals surface area contributed by atoms with Crippen molar-refractivity contribution in [3.8, 4) is 17.2 Å². The molecule has 0 bridgehead atoms. The number of phenolic OH excluding ortho intramolecular Hbond substituents is 1. The third-order valence-electron chi connectivity index (χ3n) is 3.14. The molecule has 0 aliphatic rings. The van der Waals surface area contributed by atoms with E-state index in [0.717, 1.165) is 11.3 Å². The molecule has 0 aliphatic carbocycles. The Hall–Kier alpha value is -3.01. The first-order valence-electron chi connectivity index (χ1n) is 7.07. The highest BCUT2D eigenvalue weighted by atomic mass is 16.5. The molecule has 2 aromatic rings. The van der Waals surface area contributed by atoms with E-state index in [9.17, 15) is 9.90 Å². The Labute approximate surface area is 135 Å². The SMILES string of the molecule is C=CCOc1ccc(C=CC(=O)c2ccc(O)c(OC)c2)cc1. The number of ether oxygens (including phenoxy) is 2. The maximum Gasteiger partial charge on any atom is 0.185 e. The summed E-state index contributed by atoms with van der Waals surface area (Å²) in [5, 5.41) is 9.54. The van der Waals surface area contributed by atoms with Crippen molar-refractivity contribution in [1.29, 1.82) is 0 Å². The maximum atomic E-state index is 12.1. The van der Waals surface area contributed by atoms with Gasteiger partial charge in [-0.3, -0.25) is 4.79 Å². The van der Waals surface area contributed by atoms with Crippen LogP contribution in [0.1, 0.15) is 15.9 Å². The summed E-state index contributed by atoms with van der Waals surface area (Å²) >= 11 is 0. The second kappa shape index (κ2) is 7.84. The van der Waals surface area contributed by atoms with Gasteiger partial charge in [-0.2, -0.15) is 0 Å². The summed E-state index contributed by atoms with van der Waals surface area (Å²) in [4.78, 5) is 12.1. The van der Waals surface area contributed by atoms with E-state index in [4.69, 9.17) is 9.47 Å². The van der Waals surface area contributed by atoms with Crippen molar-refractivity contribution >= 4 is 11.9 Å². The maximum absolute atomic E-state index is 12.1. The van der Waals surface area contributed by atoms with Crippen LogP contribution in [0.25, 0.3) is 6.08 Å². The van der Waals surface area contributed by atoms with Crippen molar-refractivity contribution in [2.45, 2.75) is 0 Å². The lowest BCUT2D eigenvalue weighted by Gasteiger charge is -2.04. The Bertz CT molecular complexity index is 715. The van der Waals surface area contributed by atoms with E-state index in [-0.39, 0.29) is 17.3 Å². The van der Waals surface area contributed by atoms with Gasteiger partial charge in [0.2, 0.25) is 0 Å². The zero-order valence-electron chi connectivity index (χ0n) is 12.9. The molecule has 0 saturated heterocycles. The molecule has 1 N–H and O–H groups in total. The quantitative estimate of drug-likeness (QED) is 0.479. The minimum atomic E-state index is -0.171. The average molecular weight is 310 g/mol. The summed E-state index contributed by atoms with van der Waals surface area (Å²) in [7, 11) is 1.44. The number of aromatic hydroxyl groups is 1. The van der Waals surface area contributed by atoms with E-state index >= 15 is 0 Å². The monoisotopic (exact) mass is 310 g/mol. The van der Waals surface area contributed by atoms with Crippen LogP contribution in [0.5, 0.6) is 17.2 Å². The molecule has 2 rings (SSSR count). The van der Waals surface area contributed by atoms with Crippen LogP contribution in [0.15, 0.2) is 61.2 Å². The first kappa shape index (κ1) is 16.4. The summed E-state index contributed by atoms with van der Waals surface area (Å²) in [6.45, 7) is 4.05. The first-order valence-corrected chi connectivity index (χ1v) is 7.07. The van der Waals surface area contributed by atoms with Gasteiger partial charge in [-0.05, 0) is 42.0 Å². The number of ketones is 1. The molecule has 0 saturated carbocycles. The Morgan fingerprint density at radius 1 is 1.22 bits per heavy atom. The largest absolute Gasteiger partial charge is 0.504 e. The topological polar surface area (TPSA) is 55.8 Å². The molecular formula is C19H18O4. The van der Waals surface area contributed by atoms with Gasteiger partial charge in [-0.1, -0.05) is 30.9 Å². The zero-order chi connectivity index (χ0) is 16.7. The van der Waals surface area contributed by atoms with Crippen LogP contribution in [-0.2, 0) is 0 Å². The van der Waals surface area contributed by atoms with Crippen molar-refractivity contribution in [3.63, 3.8) is 0 Å². The first-order chi connectivity index (χ1) is 11.1. The Kier molecular flexibility index (Phi) is 5.58. The number of phenols is 1. The van der Waals surface area contributed by atoms with Crippen LogP contribution in [0, 0.1) is 0 Å². The number of carbonyl (C=O) groups is 1. The van der Waals surface area contributed by atoms with Crippen molar-refractivity contribution < 1.29 is 19.4 Å². The number of methoxy groups -OCH3 is 1. The van der Waals surface area contributed by atoms with Gasteiger partial charge in [0.15, 0.2) is 17.3 Å². The van der Waals surface area contributed by atoms with Crippen molar-refractivity contribution in [2.24, 2.45) is 0 Å². The molecule has 0 heterocycles. The van der Waals surface area contributed by atoms with E-state index in [1.54, 1.807) is 18.2 Å². The van der Waals surface area contributed by atoms with Gasteiger partial charge in [0.1, 0.15) is 12.4 Å². The number of hydrogen-bond acceptors (Lipinski definition) is 4. The molecular weight excluding hydrogens is 292 g/mol. The number of benzene rings is 2. The smallest absolute Gasteiger partial charge is 0.185 e. The van der Waals surface area contributed by atoms with Gasteiger partial charge in [0.25, 0.3) is 0 Å². The fourth-order valence-electron chi connectivity index (χ4n) is 1.93. The Morgan fingerprint density at radius 2 is 1.96 bits per heavy atom. The normalized spacial score (nSPS) is 10.5. The Balaban J connectivity index is 2.07. The van der Waals surface area contributed by atoms with Crippen LogP contribution < -0.4 is 9.47 Å². The standard InChI is InChI=1S/C19H18O4/c1-3-12-23-16-8-4-14(5-9-16)6-10-17(20)15-7-11-18(21)19(13-15)22-2/h3-11,13,21H,1,12H2,2H3. The van der Waals surface area contributed by atoms with Gasteiger partial charge in [-0.15, -0.1) is 0 Å².